The lowest BCUT2D eigenvalue weighted by molar-refractivity contribution is 0.0702. The zero-order valence-corrected chi connectivity index (χ0v) is 19.4. The molecule has 0 radical (unpaired) electrons. The molecule has 0 unspecified atom stereocenters. The molecular weight excluding hydrogens is 502 g/mol. The number of rotatable bonds is 6. The third-order valence-electron chi connectivity index (χ3n) is 4.69. The number of carboxylic acids is 1. The number of benzene rings is 2. The fraction of sp³-hybridized carbons (Fsp3) is 0.100. The van der Waals surface area contributed by atoms with E-state index in [-0.39, 0.29) is 37.3 Å². The topological polar surface area (TPSA) is 89.3 Å². The third-order valence-corrected chi connectivity index (χ3v) is 9.25. The zero-order valence-electron chi connectivity index (χ0n) is 16.2. The zero-order chi connectivity index (χ0) is 23.2. The fourth-order valence-electron chi connectivity index (χ4n) is 3.18. The molecule has 4 aromatic rings. The highest BCUT2D eigenvalue weighted by Crippen LogP contribution is 2.38. The maximum Gasteiger partial charge on any atom is 0.345 e. The Bertz CT molecular complexity index is 1460. The number of thioether (sulfide) groups is 1. The molecule has 0 aliphatic carbocycles. The molecule has 32 heavy (non-hydrogen) atoms. The minimum absolute atomic E-state index is 0.0229. The Morgan fingerprint density at radius 2 is 1.94 bits per heavy atom. The number of fused-ring (bicyclic) bond motifs is 1. The first-order valence-electron chi connectivity index (χ1n) is 8.87. The number of imidazole rings is 1. The summed E-state index contributed by atoms with van der Waals surface area (Å²) in [6.45, 7) is -0.191. The Balaban J connectivity index is 1.81. The van der Waals surface area contributed by atoms with Crippen LogP contribution in [0.3, 0.4) is 0 Å². The van der Waals surface area contributed by atoms with Crippen LogP contribution in [0.4, 0.5) is 8.78 Å². The number of aromatic nitrogens is 2. The number of hydrogen-bond acceptors (Lipinski definition) is 6. The lowest BCUT2D eigenvalue weighted by Crippen LogP contribution is -2.05. The Morgan fingerprint density at radius 1 is 1.25 bits per heavy atom. The largest absolute Gasteiger partial charge is 0.477 e. The first-order valence-corrected chi connectivity index (χ1v) is 12.8. The second-order valence-corrected chi connectivity index (χ2v) is 11.1. The standard InChI is InChI=1S/C20H13ClF2N2O4S3/c1-30-20-17(7-16(31-20)19(26)27)32(28,29)10-5-12(21)18-15(6-10)24-9-25(18)8-11-13(22)3-2-4-14(11)23/h2-7,9H,8H2,1H3,(H,26,27). The second kappa shape index (κ2) is 8.47. The molecule has 0 atom stereocenters. The van der Waals surface area contributed by atoms with Crippen molar-refractivity contribution in [1.29, 1.82) is 0 Å². The summed E-state index contributed by atoms with van der Waals surface area (Å²) < 4.78 is 56.3. The van der Waals surface area contributed by atoms with E-state index in [0.29, 0.717) is 9.73 Å². The number of hydrogen-bond donors (Lipinski definition) is 1. The molecule has 0 aliphatic heterocycles. The summed E-state index contributed by atoms with van der Waals surface area (Å²) in [7, 11) is -4.10. The van der Waals surface area contributed by atoms with Gasteiger partial charge in [-0.2, -0.15) is 0 Å². The van der Waals surface area contributed by atoms with Gasteiger partial charge in [0.15, 0.2) is 0 Å². The lowest BCUT2D eigenvalue weighted by Gasteiger charge is -2.10. The smallest absolute Gasteiger partial charge is 0.345 e. The molecule has 0 amide bonds. The maximum atomic E-state index is 14.1. The van der Waals surface area contributed by atoms with Gasteiger partial charge in [0.2, 0.25) is 9.84 Å². The van der Waals surface area contributed by atoms with Gasteiger partial charge in [-0.15, -0.1) is 23.1 Å². The van der Waals surface area contributed by atoms with Crippen LogP contribution in [0.25, 0.3) is 11.0 Å². The molecule has 12 heteroatoms. The minimum Gasteiger partial charge on any atom is -0.477 e. The van der Waals surface area contributed by atoms with E-state index in [1.807, 2.05) is 0 Å². The van der Waals surface area contributed by atoms with E-state index in [1.54, 1.807) is 6.26 Å². The number of nitrogens with zero attached hydrogens (tertiary/aromatic N) is 2. The van der Waals surface area contributed by atoms with Crippen LogP contribution in [0, 0.1) is 11.6 Å². The predicted molar refractivity (Wildman–Crippen MR) is 119 cm³/mol. The quantitative estimate of drug-likeness (QED) is 0.350. The van der Waals surface area contributed by atoms with E-state index in [2.05, 4.69) is 4.98 Å². The number of thiophene rings is 1. The van der Waals surface area contributed by atoms with Crippen LogP contribution in [0.2, 0.25) is 5.02 Å². The summed E-state index contributed by atoms with van der Waals surface area (Å²) >= 11 is 8.36. The van der Waals surface area contributed by atoms with Crippen molar-refractivity contribution in [3.63, 3.8) is 0 Å². The van der Waals surface area contributed by atoms with Gasteiger partial charge in [-0.05, 0) is 36.6 Å². The van der Waals surface area contributed by atoms with Gasteiger partial charge in [-0.3, -0.25) is 0 Å². The fourth-order valence-corrected chi connectivity index (χ4v) is 7.45. The number of aromatic carboxylic acids is 1. The predicted octanol–water partition coefficient (Wildman–Crippen LogP) is 5.33. The minimum atomic E-state index is -4.10. The molecule has 0 spiro atoms. The van der Waals surface area contributed by atoms with Crippen molar-refractivity contribution in [1.82, 2.24) is 9.55 Å². The summed E-state index contributed by atoms with van der Waals surface area (Å²) in [5.74, 6) is -2.67. The van der Waals surface area contributed by atoms with Crippen LogP contribution in [0.5, 0.6) is 0 Å². The molecule has 0 fully saturated rings. The first kappa shape index (κ1) is 22.7. The summed E-state index contributed by atoms with van der Waals surface area (Å²) in [6, 6.07) is 7.17. The van der Waals surface area contributed by atoms with Crippen LogP contribution in [-0.2, 0) is 16.4 Å². The van der Waals surface area contributed by atoms with Gasteiger partial charge in [0.25, 0.3) is 0 Å². The molecule has 0 aliphatic rings. The van der Waals surface area contributed by atoms with E-state index >= 15 is 0 Å². The molecule has 0 bridgehead atoms. The van der Waals surface area contributed by atoms with Crippen molar-refractivity contribution in [3.8, 4) is 0 Å². The number of carboxylic acid groups (broad SMARTS) is 1. The summed E-state index contributed by atoms with van der Waals surface area (Å²) in [5, 5.41) is 9.24. The Kier molecular flexibility index (Phi) is 6.01. The molecule has 0 saturated carbocycles. The molecule has 2 aromatic heterocycles. The van der Waals surface area contributed by atoms with E-state index < -0.39 is 27.4 Å². The van der Waals surface area contributed by atoms with E-state index in [4.69, 9.17) is 11.6 Å². The average Bonchev–Trinajstić information content (AvgIpc) is 3.36. The van der Waals surface area contributed by atoms with Crippen LogP contribution in [0.1, 0.15) is 15.2 Å². The van der Waals surface area contributed by atoms with Gasteiger partial charge in [0.05, 0.1) is 42.9 Å². The van der Waals surface area contributed by atoms with Gasteiger partial charge < -0.3 is 9.67 Å². The van der Waals surface area contributed by atoms with E-state index in [0.717, 1.165) is 41.3 Å². The molecule has 2 heterocycles. The molecule has 1 N–H and O–H groups in total. The van der Waals surface area contributed by atoms with Crippen LogP contribution < -0.4 is 0 Å². The van der Waals surface area contributed by atoms with Crippen molar-refractivity contribution in [2.45, 2.75) is 20.5 Å². The first-order chi connectivity index (χ1) is 15.1. The SMILES string of the molecule is CSc1sc(C(=O)O)cc1S(=O)(=O)c1cc(Cl)c2c(c1)ncn2Cc1c(F)cccc1F. The van der Waals surface area contributed by atoms with Crippen molar-refractivity contribution in [2.24, 2.45) is 0 Å². The van der Waals surface area contributed by atoms with Crippen molar-refractivity contribution >= 4 is 61.5 Å². The van der Waals surface area contributed by atoms with Gasteiger partial charge in [-0.25, -0.2) is 27.0 Å². The van der Waals surface area contributed by atoms with Gasteiger partial charge in [-0.1, -0.05) is 17.7 Å². The van der Waals surface area contributed by atoms with Crippen molar-refractivity contribution in [2.75, 3.05) is 6.26 Å². The Labute approximate surface area is 194 Å². The Hall–Kier alpha value is -2.47. The second-order valence-electron chi connectivity index (χ2n) is 6.62. The normalized spacial score (nSPS) is 11.9. The van der Waals surface area contributed by atoms with Crippen molar-refractivity contribution < 1.29 is 27.1 Å². The highest BCUT2D eigenvalue weighted by atomic mass is 35.5. The van der Waals surface area contributed by atoms with Gasteiger partial charge in [0.1, 0.15) is 16.5 Å². The molecular formula is C20H13ClF2N2O4S3. The average molecular weight is 515 g/mol. The van der Waals surface area contributed by atoms with E-state index in [1.165, 1.54) is 29.1 Å². The van der Waals surface area contributed by atoms with Gasteiger partial charge in [0, 0.05) is 5.56 Å². The summed E-state index contributed by atoms with van der Waals surface area (Å²) in [6.07, 6.45) is 2.97. The van der Waals surface area contributed by atoms with E-state index in [9.17, 15) is 27.1 Å². The third kappa shape index (κ3) is 3.90. The number of halogens is 3. The summed E-state index contributed by atoms with van der Waals surface area (Å²) in [5.41, 5.74) is 0.353. The van der Waals surface area contributed by atoms with Crippen LogP contribution >= 0.6 is 34.7 Å². The molecule has 4 rings (SSSR count). The maximum absolute atomic E-state index is 14.1. The number of sulfone groups is 1. The van der Waals surface area contributed by atoms with Gasteiger partial charge >= 0.3 is 5.97 Å². The van der Waals surface area contributed by atoms with Crippen molar-refractivity contribution in [3.05, 3.63) is 69.8 Å². The molecule has 2 aromatic carbocycles. The van der Waals surface area contributed by atoms with Crippen LogP contribution in [-0.4, -0.2) is 35.3 Å². The molecule has 166 valence electrons. The highest BCUT2D eigenvalue weighted by molar-refractivity contribution is 8.01. The molecule has 6 nitrogen and oxygen atoms in total. The highest BCUT2D eigenvalue weighted by Gasteiger charge is 2.27. The molecule has 0 saturated heterocycles. The lowest BCUT2D eigenvalue weighted by atomic mass is 10.2. The monoisotopic (exact) mass is 514 g/mol. The Morgan fingerprint density at radius 3 is 2.56 bits per heavy atom. The summed E-state index contributed by atoms with van der Waals surface area (Å²) in [4.78, 5) is 15.1. The van der Waals surface area contributed by atoms with Crippen LogP contribution in [0.15, 0.2) is 56.7 Å². The number of carbonyl (C=O) groups is 1.